The molecule has 3 nitrogen and oxygen atoms in total. The van der Waals surface area contributed by atoms with Gasteiger partial charge in [0.1, 0.15) is 0 Å². The molecule has 1 rings (SSSR count). The molecule has 0 aromatic rings. The van der Waals surface area contributed by atoms with Crippen molar-refractivity contribution in [2.45, 2.75) is 31.8 Å². The second-order valence-electron chi connectivity index (χ2n) is 3.56. The first-order valence-electron chi connectivity index (χ1n) is 4.36. The number of thiocarbonyl (C=S) groups is 1. The van der Waals surface area contributed by atoms with Crippen molar-refractivity contribution in [1.82, 2.24) is 10.2 Å². The maximum Gasteiger partial charge on any atom is 0.163 e. The van der Waals surface area contributed by atoms with Gasteiger partial charge in [0, 0.05) is 18.6 Å². The van der Waals surface area contributed by atoms with E-state index in [1.54, 1.807) is 0 Å². The van der Waals surface area contributed by atoms with Gasteiger partial charge in [-0.1, -0.05) is 0 Å². The summed E-state index contributed by atoms with van der Waals surface area (Å²) in [5.41, 5.74) is 5.41. The lowest BCUT2D eigenvalue weighted by Gasteiger charge is -2.35. The minimum Gasteiger partial charge on any atom is -0.376 e. The molecular weight excluding hydrogens is 170 g/mol. The highest BCUT2D eigenvalue weighted by Crippen LogP contribution is 2.14. The molecule has 12 heavy (non-hydrogen) atoms. The summed E-state index contributed by atoms with van der Waals surface area (Å²) in [5.74, 6) is 0. The summed E-state index contributed by atoms with van der Waals surface area (Å²) in [4.78, 5) is 2.36. The minimum absolute atomic E-state index is 0.428. The highest BCUT2D eigenvalue weighted by Gasteiger charge is 2.22. The van der Waals surface area contributed by atoms with Crippen LogP contribution in [0.1, 0.15) is 19.8 Å². The summed E-state index contributed by atoms with van der Waals surface area (Å²) in [6.07, 6.45) is 2.27. The molecule has 0 saturated carbocycles. The van der Waals surface area contributed by atoms with Crippen LogP contribution in [-0.4, -0.2) is 35.7 Å². The SMILES string of the molecule is CC1CC(NC(N)=S)CCN1C. The Hall–Kier alpha value is -0.350. The average Bonchev–Trinajstić information content (AvgIpc) is 1.96. The highest BCUT2D eigenvalue weighted by molar-refractivity contribution is 7.80. The standard InChI is InChI=1S/C8H17N3S/c1-6-5-7(10-8(9)12)3-4-11(6)2/h6-7H,3-5H2,1-2H3,(H3,9,10,12). The number of nitrogens with two attached hydrogens (primary N) is 1. The Bertz CT molecular complexity index is 172. The normalized spacial score (nSPS) is 31.5. The Labute approximate surface area is 79.3 Å². The van der Waals surface area contributed by atoms with E-state index in [-0.39, 0.29) is 0 Å². The van der Waals surface area contributed by atoms with E-state index < -0.39 is 0 Å². The van der Waals surface area contributed by atoms with Crippen LogP contribution in [0.3, 0.4) is 0 Å². The highest BCUT2D eigenvalue weighted by atomic mass is 32.1. The van der Waals surface area contributed by atoms with Crippen LogP contribution < -0.4 is 11.1 Å². The third-order valence-corrected chi connectivity index (χ3v) is 2.67. The molecule has 0 spiro atoms. The van der Waals surface area contributed by atoms with Gasteiger partial charge in [-0.2, -0.15) is 0 Å². The molecule has 2 atom stereocenters. The number of rotatable bonds is 1. The Morgan fingerprint density at radius 1 is 1.67 bits per heavy atom. The Morgan fingerprint density at radius 2 is 2.33 bits per heavy atom. The number of hydrogen-bond acceptors (Lipinski definition) is 2. The zero-order chi connectivity index (χ0) is 9.14. The van der Waals surface area contributed by atoms with E-state index in [1.165, 1.54) is 0 Å². The second kappa shape index (κ2) is 4.05. The van der Waals surface area contributed by atoms with E-state index in [9.17, 15) is 0 Å². The fraction of sp³-hybridized carbons (Fsp3) is 0.875. The maximum absolute atomic E-state index is 5.41. The van der Waals surface area contributed by atoms with Gasteiger partial charge in [-0.25, -0.2) is 0 Å². The van der Waals surface area contributed by atoms with Gasteiger partial charge >= 0.3 is 0 Å². The first kappa shape index (κ1) is 9.74. The van der Waals surface area contributed by atoms with E-state index in [0.717, 1.165) is 19.4 Å². The Balaban J connectivity index is 2.35. The third kappa shape index (κ3) is 2.60. The molecule has 0 aliphatic carbocycles. The molecular formula is C8H17N3S. The van der Waals surface area contributed by atoms with Crippen molar-refractivity contribution in [2.24, 2.45) is 5.73 Å². The van der Waals surface area contributed by atoms with Crippen molar-refractivity contribution >= 4 is 17.3 Å². The predicted molar refractivity (Wildman–Crippen MR) is 55.0 cm³/mol. The number of piperidine rings is 1. The third-order valence-electron chi connectivity index (χ3n) is 2.55. The van der Waals surface area contributed by atoms with Crippen molar-refractivity contribution < 1.29 is 0 Å². The topological polar surface area (TPSA) is 41.3 Å². The first-order valence-corrected chi connectivity index (χ1v) is 4.76. The largest absolute Gasteiger partial charge is 0.376 e. The van der Waals surface area contributed by atoms with Crippen LogP contribution in [0.4, 0.5) is 0 Å². The predicted octanol–water partition coefficient (Wildman–Crippen LogP) is 0.302. The van der Waals surface area contributed by atoms with Crippen LogP contribution in [0.15, 0.2) is 0 Å². The lowest BCUT2D eigenvalue weighted by Crippen LogP contribution is -2.48. The van der Waals surface area contributed by atoms with Gasteiger partial charge in [-0.15, -0.1) is 0 Å². The van der Waals surface area contributed by atoms with Gasteiger partial charge in [0.15, 0.2) is 5.11 Å². The summed E-state index contributed by atoms with van der Waals surface area (Å²) >= 11 is 4.80. The smallest absolute Gasteiger partial charge is 0.163 e. The molecule has 1 saturated heterocycles. The molecule has 1 aliphatic heterocycles. The maximum atomic E-state index is 5.41. The molecule has 0 aromatic heterocycles. The zero-order valence-electron chi connectivity index (χ0n) is 7.71. The molecule has 4 heteroatoms. The van der Waals surface area contributed by atoms with Crippen LogP contribution in [-0.2, 0) is 0 Å². The molecule has 3 N–H and O–H groups in total. The summed E-state index contributed by atoms with van der Waals surface area (Å²) in [6.45, 7) is 3.36. The number of nitrogens with zero attached hydrogens (tertiary/aromatic N) is 1. The molecule has 0 radical (unpaired) electrons. The molecule has 0 bridgehead atoms. The summed E-state index contributed by atoms with van der Waals surface area (Å²) < 4.78 is 0. The van der Waals surface area contributed by atoms with Crippen molar-refractivity contribution in [3.63, 3.8) is 0 Å². The fourth-order valence-electron chi connectivity index (χ4n) is 1.62. The van der Waals surface area contributed by atoms with Gasteiger partial charge in [-0.3, -0.25) is 0 Å². The molecule has 2 unspecified atom stereocenters. The van der Waals surface area contributed by atoms with E-state index in [0.29, 0.717) is 17.2 Å². The van der Waals surface area contributed by atoms with Gasteiger partial charge in [0.2, 0.25) is 0 Å². The van der Waals surface area contributed by atoms with Gasteiger partial charge in [0.05, 0.1) is 0 Å². The Kier molecular flexibility index (Phi) is 3.29. The van der Waals surface area contributed by atoms with E-state index in [2.05, 4.69) is 24.2 Å². The number of nitrogens with one attached hydrogen (secondary N) is 1. The van der Waals surface area contributed by atoms with Crippen LogP contribution >= 0.6 is 12.2 Å². The van der Waals surface area contributed by atoms with Crippen LogP contribution in [0, 0.1) is 0 Å². The lowest BCUT2D eigenvalue weighted by atomic mass is 9.99. The van der Waals surface area contributed by atoms with Gasteiger partial charge in [-0.05, 0) is 39.0 Å². The number of likely N-dealkylation sites (tertiary alicyclic amines) is 1. The van der Waals surface area contributed by atoms with Crippen molar-refractivity contribution in [1.29, 1.82) is 0 Å². The number of hydrogen-bond donors (Lipinski definition) is 2. The zero-order valence-corrected chi connectivity index (χ0v) is 8.53. The van der Waals surface area contributed by atoms with Crippen molar-refractivity contribution in [3.8, 4) is 0 Å². The minimum atomic E-state index is 0.428. The lowest BCUT2D eigenvalue weighted by molar-refractivity contribution is 0.177. The molecule has 0 amide bonds. The van der Waals surface area contributed by atoms with Crippen molar-refractivity contribution in [2.75, 3.05) is 13.6 Å². The van der Waals surface area contributed by atoms with Crippen LogP contribution in [0.2, 0.25) is 0 Å². The molecule has 0 aromatic carbocycles. The first-order chi connectivity index (χ1) is 5.59. The quantitative estimate of drug-likeness (QED) is 0.579. The second-order valence-corrected chi connectivity index (χ2v) is 4.00. The molecule has 70 valence electrons. The van der Waals surface area contributed by atoms with Gasteiger partial charge in [0.25, 0.3) is 0 Å². The summed E-state index contributed by atoms with van der Waals surface area (Å²) in [7, 11) is 2.15. The molecule has 1 fully saturated rings. The monoisotopic (exact) mass is 187 g/mol. The Morgan fingerprint density at radius 3 is 2.83 bits per heavy atom. The summed E-state index contributed by atoms with van der Waals surface area (Å²) in [6, 6.07) is 1.11. The molecule has 1 heterocycles. The van der Waals surface area contributed by atoms with Crippen molar-refractivity contribution in [3.05, 3.63) is 0 Å². The van der Waals surface area contributed by atoms with Crippen LogP contribution in [0.25, 0.3) is 0 Å². The molecule has 1 aliphatic rings. The van der Waals surface area contributed by atoms with Gasteiger partial charge < -0.3 is 16.0 Å². The van der Waals surface area contributed by atoms with E-state index in [1.807, 2.05) is 0 Å². The summed E-state index contributed by atoms with van der Waals surface area (Å²) in [5, 5.41) is 3.54. The van der Waals surface area contributed by atoms with Crippen LogP contribution in [0.5, 0.6) is 0 Å². The van der Waals surface area contributed by atoms with E-state index in [4.69, 9.17) is 18.0 Å². The average molecular weight is 187 g/mol. The van der Waals surface area contributed by atoms with E-state index >= 15 is 0 Å². The fourth-order valence-corrected chi connectivity index (χ4v) is 1.79.